The molecular weight excluding hydrogens is 426 g/mol. The van der Waals surface area contributed by atoms with Gasteiger partial charge in [-0.25, -0.2) is 9.67 Å². The zero-order valence-corrected chi connectivity index (χ0v) is 19.8. The molecule has 0 aliphatic rings. The van der Waals surface area contributed by atoms with Gasteiger partial charge in [0.2, 0.25) is 5.91 Å². The summed E-state index contributed by atoms with van der Waals surface area (Å²) in [6, 6.07) is 19.2. The standard InChI is InChI=1S/C27H29N5O2/c1-4-15-31(18-25(33)29-23-14-10-9-11-19(23)3)27(34)21-16-24(20-12-7-6-8-13-20)30-26-22(21)17-28-32(26)5-2/h6-14,16-17H,4-5,15,18H2,1-3H3,(H,29,33). The van der Waals surface area contributed by atoms with Gasteiger partial charge in [0, 0.05) is 24.3 Å². The first-order valence-electron chi connectivity index (χ1n) is 11.6. The van der Waals surface area contributed by atoms with Crippen LogP contribution in [0.15, 0.2) is 66.9 Å². The summed E-state index contributed by atoms with van der Waals surface area (Å²) in [5.74, 6) is -0.434. The van der Waals surface area contributed by atoms with Crippen molar-refractivity contribution >= 4 is 28.5 Å². The topological polar surface area (TPSA) is 80.1 Å². The van der Waals surface area contributed by atoms with Crippen LogP contribution in [0.2, 0.25) is 0 Å². The first-order valence-corrected chi connectivity index (χ1v) is 11.6. The van der Waals surface area contributed by atoms with Crippen LogP contribution in [-0.4, -0.2) is 44.6 Å². The number of nitrogens with one attached hydrogen (secondary N) is 1. The lowest BCUT2D eigenvalue weighted by Gasteiger charge is -2.22. The minimum absolute atomic E-state index is 0.0343. The highest BCUT2D eigenvalue weighted by molar-refractivity contribution is 6.08. The third kappa shape index (κ3) is 4.83. The van der Waals surface area contributed by atoms with Crippen molar-refractivity contribution in [2.75, 3.05) is 18.4 Å². The number of pyridine rings is 1. The first-order chi connectivity index (χ1) is 16.5. The molecule has 2 heterocycles. The predicted molar refractivity (Wildman–Crippen MR) is 135 cm³/mol. The summed E-state index contributed by atoms with van der Waals surface area (Å²) in [6.07, 6.45) is 2.42. The molecule has 0 radical (unpaired) electrons. The smallest absolute Gasteiger partial charge is 0.255 e. The Balaban J connectivity index is 1.69. The highest BCUT2D eigenvalue weighted by Crippen LogP contribution is 2.26. The molecule has 174 valence electrons. The Morgan fingerprint density at radius 2 is 1.76 bits per heavy atom. The molecule has 0 aliphatic heterocycles. The predicted octanol–water partition coefficient (Wildman–Crippen LogP) is 4.92. The third-order valence-corrected chi connectivity index (χ3v) is 5.74. The number of aryl methyl sites for hydroxylation is 2. The summed E-state index contributed by atoms with van der Waals surface area (Å²) in [5.41, 5.74) is 4.50. The van der Waals surface area contributed by atoms with Crippen LogP contribution in [0.25, 0.3) is 22.3 Å². The Kier molecular flexibility index (Phi) is 7.01. The molecule has 34 heavy (non-hydrogen) atoms. The Hall–Kier alpha value is -4.00. The van der Waals surface area contributed by atoms with Crippen LogP contribution >= 0.6 is 0 Å². The molecule has 0 unspecified atom stereocenters. The van der Waals surface area contributed by atoms with Crippen LogP contribution in [0.3, 0.4) is 0 Å². The van der Waals surface area contributed by atoms with E-state index < -0.39 is 0 Å². The molecule has 0 fully saturated rings. The average molecular weight is 456 g/mol. The van der Waals surface area contributed by atoms with E-state index in [1.807, 2.05) is 81.4 Å². The maximum absolute atomic E-state index is 13.8. The molecule has 0 atom stereocenters. The van der Waals surface area contributed by atoms with Crippen LogP contribution in [0.5, 0.6) is 0 Å². The van der Waals surface area contributed by atoms with Crippen LogP contribution in [0, 0.1) is 6.92 Å². The summed E-state index contributed by atoms with van der Waals surface area (Å²) in [7, 11) is 0. The van der Waals surface area contributed by atoms with Crippen molar-refractivity contribution < 1.29 is 9.59 Å². The number of carbonyl (C=O) groups is 2. The summed E-state index contributed by atoms with van der Waals surface area (Å²) in [6.45, 7) is 6.99. The van der Waals surface area contributed by atoms with Crippen molar-refractivity contribution in [3.63, 3.8) is 0 Å². The van der Waals surface area contributed by atoms with Crippen LogP contribution < -0.4 is 5.32 Å². The molecule has 4 aromatic rings. The summed E-state index contributed by atoms with van der Waals surface area (Å²) in [4.78, 5) is 33.0. The Morgan fingerprint density at radius 1 is 1.03 bits per heavy atom. The van der Waals surface area contributed by atoms with Gasteiger partial charge in [-0.1, -0.05) is 55.5 Å². The number of para-hydroxylation sites is 1. The van der Waals surface area contributed by atoms with Gasteiger partial charge in [-0.15, -0.1) is 0 Å². The number of hydrogen-bond donors (Lipinski definition) is 1. The molecule has 2 amide bonds. The fourth-order valence-corrected chi connectivity index (χ4v) is 3.98. The van der Waals surface area contributed by atoms with E-state index in [0.717, 1.165) is 23.2 Å². The molecule has 0 saturated heterocycles. The minimum atomic E-state index is -0.228. The van der Waals surface area contributed by atoms with Crippen molar-refractivity contribution in [2.45, 2.75) is 33.7 Å². The van der Waals surface area contributed by atoms with Gasteiger partial charge in [0.05, 0.1) is 22.8 Å². The molecule has 0 saturated carbocycles. The summed E-state index contributed by atoms with van der Waals surface area (Å²) >= 11 is 0. The van der Waals surface area contributed by atoms with Gasteiger partial charge in [-0.05, 0) is 38.0 Å². The van der Waals surface area contributed by atoms with E-state index in [2.05, 4.69) is 10.4 Å². The molecule has 0 bridgehead atoms. The number of benzene rings is 2. The molecule has 4 rings (SSSR count). The molecule has 1 N–H and O–H groups in total. The van der Waals surface area contributed by atoms with Crippen molar-refractivity contribution in [1.82, 2.24) is 19.7 Å². The maximum atomic E-state index is 13.8. The quantitative estimate of drug-likeness (QED) is 0.409. The van der Waals surface area contributed by atoms with Crippen molar-refractivity contribution in [1.29, 1.82) is 0 Å². The maximum Gasteiger partial charge on any atom is 0.255 e. The number of aromatic nitrogens is 3. The number of nitrogens with zero attached hydrogens (tertiary/aromatic N) is 4. The van der Waals surface area contributed by atoms with Gasteiger partial charge in [0.15, 0.2) is 5.65 Å². The molecule has 7 nitrogen and oxygen atoms in total. The Morgan fingerprint density at radius 3 is 2.47 bits per heavy atom. The fraction of sp³-hybridized carbons (Fsp3) is 0.259. The molecular formula is C27H29N5O2. The van der Waals surface area contributed by atoms with Crippen LogP contribution in [0.1, 0.15) is 36.2 Å². The second kappa shape index (κ2) is 10.3. The fourth-order valence-electron chi connectivity index (χ4n) is 3.98. The highest BCUT2D eigenvalue weighted by Gasteiger charge is 2.23. The van der Waals surface area contributed by atoms with Gasteiger partial charge in [0.1, 0.15) is 6.54 Å². The summed E-state index contributed by atoms with van der Waals surface area (Å²) < 4.78 is 1.79. The van der Waals surface area contributed by atoms with E-state index in [9.17, 15) is 9.59 Å². The molecule has 0 aliphatic carbocycles. The second-order valence-electron chi connectivity index (χ2n) is 8.21. The van der Waals surface area contributed by atoms with E-state index >= 15 is 0 Å². The van der Waals surface area contributed by atoms with E-state index in [-0.39, 0.29) is 18.4 Å². The highest BCUT2D eigenvalue weighted by atomic mass is 16.2. The zero-order chi connectivity index (χ0) is 24.1. The lowest BCUT2D eigenvalue weighted by Crippen LogP contribution is -2.38. The SMILES string of the molecule is CCCN(CC(=O)Nc1ccccc1C)C(=O)c1cc(-c2ccccc2)nc2c1cnn2CC. The lowest BCUT2D eigenvalue weighted by molar-refractivity contribution is -0.116. The molecule has 2 aromatic heterocycles. The van der Waals surface area contributed by atoms with Gasteiger partial charge in [-0.2, -0.15) is 5.10 Å². The van der Waals surface area contributed by atoms with E-state index in [1.165, 1.54) is 0 Å². The minimum Gasteiger partial charge on any atom is -0.329 e. The largest absolute Gasteiger partial charge is 0.329 e. The zero-order valence-electron chi connectivity index (χ0n) is 19.8. The number of rotatable bonds is 8. The van der Waals surface area contributed by atoms with Crippen LogP contribution in [0.4, 0.5) is 5.69 Å². The normalized spacial score (nSPS) is 10.9. The summed E-state index contributed by atoms with van der Waals surface area (Å²) in [5, 5.41) is 8.05. The van der Waals surface area contributed by atoms with E-state index in [4.69, 9.17) is 4.98 Å². The Labute approximate surface area is 199 Å². The molecule has 7 heteroatoms. The van der Waals surface area contributed by atoms with E-state index in [0.29, 0.717) is 35.4 Å². The number of hydrogen-bond acceptors (Lipinski definition) is 4. The van der Waals surface area contributed by atoms with Crippen molar-refractivity contribution in [3.05, 3.63) is 78.0 Å². The van der Waals surface area contributed by atoms with E-state index in [1.54, 1.807) is 15.8 Å². The van der Waals surface area contributed by atoms with Crippen molar-refractivity contribution in [3.8, 4) is 11.3 Å². The Bertz CT molecular complexity index is 1310. The molecule has 2 aromatic carbocycles. The average Bonchev–Trinajstić information content (AvgIpc) is 3.28. The van der Waals surface area contributed by atoms with Crippen molar-refractivity contribution in [2.24, 2.45) is 0 Å². The van der Waals surface area contributed by atoms with Gasteiger partial charge in [-0.3, -0.25) is 9.59 Å². The van der Waals surface area contributed by atoms with Gasteiger partial charge >= 0.3 is 0 Å². The number of carbonyl (C=O) groups excluding carboxylic acids is 2. The van der Waals surface area contributed by atoms with Gasteiger partial charge < -0.3 is 10.2 Å². The third-order valence-electron chi connectivity index (χ3n) is 5.74. The first kappa shape index (κ1) is 23.2. The molecule has 0 spiro atoms. The monoisotopic (exact) mass is 455 g/mol. The number of fused-ring (bicyclic) bond motifs is 1. The number of amides is 2. The second-order valence-corrected chi connectivity index (χ2v) is 8.21. The number of anilines is 1. The van der Waals surface area contributed by atoms with Crippen LogP contribution in [-0.2, 0) is 11.3 Å². The lowest BCUT2D eigenvalue weighted by atomic mass is 10.1. The van der Waals surface area contributed by atoms with Gasteiger partial charge in [0.25, 0.3) is 5.91 Å².